The molecule has 0 bridgehead atoms. The fraction of sp³-hybridized carbons (Fsp3) is 0.647. The minimum Gasteiger partial charge on any atom is -0.317 e. The van der Waals surface area contributed by atoms with Gasteiger partial charge in [0.2, 0.25) is 0 Å². The summed E-state index contributed by atoms with van der Waals surface area (Å²) < 4.78 is 1.22. The average molecular weight is 339 g/mol. The maximum absolute atomic E-state index is 3.66. The average Bonchev–Trinajstić information content (AvgIpc) is 2.42. The number of hydrogen-bond acceptors (Lipinski definition) is 2. The second-order valence-corrected chi connectivity index (χ2v) is 7.12. The van der Waals surface area contributed by atoms with Gasteiger partial charge in [-0.15, -0.1) is 0 Å². The van der Waals surface area contributed by atoms with Crippen LogP contribution in [0, 0.1) is 5.41 Å². The lowest BCUT2D eigenvalue weighted by Gasteiger charge is -2.40. The van der Waals surface area contributed by atoms with Gasteiger partial charge in [0.1, 0.15) is 0 Å². The molecule has 3 heteroatoms. The van der Waals surface area contributed by atoms with Gasteiger partial charge in [-0.3, -0.25) is 0 Å². The number of nitrogens with one attached hydrogen (secondary N) is 1. The van der Waals surface area contributed by atoms with Crippen LogP contribution in [0.25, 0.3) is 0 Å². The summed E-state index contributed by atoms with van der Waals surface area (Å²) in [5, 5.41) is 3.50. The molecule has 20 heavy (non-hydrogen) atoms. The molecule has 0 amide bonds. The van der Waals surface area contributed by atoms with E-state index in [4.69, 9.17) is 0 Å². The van der Waals surface area contributed by atoms with Crippen molar-refractivity contribution in [3.05, 3.63) is 34.3 Å². The van der Waals surface area contributed by atoms with Crippen molar-refractivity contribution in [2.45, 2.75) is 39.2 Å². The van der Waals surface area contributed by atoms with Gasteiger partial charge in [-0.05, 0) is 56.4 Å². The number of hydrogen-bond donors (Lipinski definition) is 1. The second kappa shape index (κ2) is 7.58. The number of benzene rings is 1. The molecule has 0 unspecified atom stereocenters. The first-order valence-electron chi connectivity index (χ1n) is 7.78. The van der Waals surface area contributed by atoms with Crippen molar-refractivity contribution in [1.29, 1.82) is 0 Å². The Morgan fingerprint density at radius 2 is 1.95 bits per heavy atom. The van der Waals surface area contributed by atoms with Gasteiger partial charge in [-0.2, -0.15) is 0 Å². The zero-order chi connectivity index (χ0) is 14.4. The molecule has 0 aromatic heterocycles. The van der Waals surface area contributed by atoms with Crippen LogP contribution in [-0.4, -0.2) is 31.6 Å². The van der Waals surface area contributed by atoms with Crippen molar-refractivity contribution >= 4 is 15.9 Å². The van der Waals surface area contributed by atoms with Crippen LogP contribution in [0.3, 0.4) is 0 Å². The van der Waals surface area contributed by atoms with Gasteiger partial charge >= 0.3 is 0 Å². The van der Waals surface area contributed by atoms with Crippen LogP contribution in [0.1, 0.15) is 38.2 Å². The van der Waals surface area contributed by atoms with E-state index in [1.54, 1.807) is 0 Å². The van der Waals surface area contributed by atoms with Gasteiger partial charge in [0.15, 0.2) is 0 Å². The molecule has 1 aromatic rings. The normalized spacial score (nSPS) is 18.4. The highest BCUT2D eigenvalue weighted by atomic mass is 79.9. The van der Waals surface area contributed by atoms with Crippen LogP contribution >= 0.6 is 15.9 Å². The third kappa shape index (κ3) is 4.31. The Labute approximate surface area is 132 Å². The zero-order valence-electron chi connectivity index (χ0n) is 12.8. The Balaban J connectivity index is 1.98. The smallest absolute Gasteiger partial charge is 0.0242 e. The molecule has 2 rings (SSSR count). The van der Waals surface area contributed by atoms with E-state index in [1.165, 1.54) is 55.4 Å². The molecule has 0 atom stereocenters. The summed E-state index contributed by atoms with van der Waals surface area (Å²) in [5.41, 5.74) is 1.91. The quantitative estimate of drug-likeness (QED) is 0.841. The first-order chi connectivity index (χ1) is 9.65. The predicted octanol–water partition coefficient (Wildman–Crippen LogP) is 4.05. The topological polar surface area (TPSA) is 15.3 Å². The van der Waals surface area contributed by atoms with Crippen LogP contribution in [-0.2, 0) is 6.54 Å². The summed E-state index contributed by atoms with van der Waals surface area (Å²) in [6.45, 7) is 6.92. The summed E-state index contributed by atoms with van der Waals surface area (Å²) in [6, 6.07) is 8.56. The van der Waals surface area contributed by atoms with Crippen molar-refractivity contribution in [2.75, 3.05) is 26.7 Å². The van der Waals surface area contributed by atoms with Crippen LogP contribution in [0.5, 0.6) is 0 Å². The number of rotatable bonds is 6. The van der Waals surface area contributed by atoms with Crippen LogP contribution in [0.2, 0.25) is 0 Å². The standard InChI is InChI=1S/C17H27BrN2/c1-3-8-17(9-11-19-12-10-17)14-20(2)13-15-6-4-5-7-16(15)18/h4-7,19H,3,8-14H2,1-2H3. The maximum Gasteiger partial charge on any atom is 0.0242 e. The summed E-state index contributed by atoms with van der Waals surface area (Å²) in [7, 11) is 2.26. The molecule has 1 N–H and O–H groups in total. The van der Waals surface area contributed by atoms with E-state index in [0.717, 1.165) is 6.54 Å². The molecule has 1 aliphatic rings. The molecule has 1 aromatic carbocycles. The monoisotopic (exact) mass is 338 g/mol. The third-order valence-electron chi connectivity index (χ3n) is 4.45. The van der Waals surface area contributed by atoms with E-state index in [9.17, 15) is 0 Å². The first-order valence-corrected chi connectivity index (χ1v) is 8.57. The van der Waals surface area contributed by atoms with Crippen LogP contribution in [0.15, 0.2) is 28.7 Å². The Hall–Kier alpha value is -0.380. The molecular weight excluding hydrogens is 312 g/mol. The van der Waals surface area contributed by atoms with Crippen molar-refractivity contribution in [2.24, 2.45) is 5.41 Å². The Morgan fingerprint density at radius 1 is 1.25 bits per heavy atom. The fourth-order valence-electron chi connectivity index (χ4n) is 3.52. The lowest BCUT2D eigenvalue weighted by molar-refractivity contribution is 0.112. The van der Waals surface area contributed by atoms with E-state index in [-0.39, 0.29) is 0 Å². The summed E-state index contributed by atoms with van der Waals surface area (Å²) in [4.78, 5) is 2.50. The van der Waals surface area contributed by atoms with Crippen LogP contribution in [0.4, 0.5) is 0 Å². The minimum atomic E-state index is 0.524. The Kier molecular flexibility index (Phi) is 6.06. The maximum atomic E-state index is 3.66. The number of halogens is 1. The predicted molar refractivity (Wildman–Crippen MR) is 89.9 cm³/mol. The third-order valence-corrected chi connectivity index (χ3v) is 5.22. The van der Waals surface area contributed by atoms with Crippen molar-refractivity contribution in [3.8, 4) is 0 Å². The van der Waals surface area contributed by atoms with Crippen LogP contribution < -0.4 is 5.32 Å². The van der Waals surface area contributed by atoms with Gasteiger partial charge < -0.3 is 10.2 Å². The van der Waals surface area contributed by atoms with E-state index in [0.29, 0.717) is 5.41 Å². The largest absolute Gasteiger partial charge is 0.317 e. The van der Waals surface area contributed by atoms with E-state index in [1.807, 2.05) is 0 Å². The minimum absolute atomic E-state index is 0.524. The lowest BCUT2D eigenvalue weighted by atomic mass is 9.75. The fourth-order valence-corrected chi connectivity index (χ4v) is 3.93. The second-order valence-electron chi connectivity index (χ2n) is 6.26. The molecule has 0 aliphatic carbocycles. The first kappa shape index (κ1) is 16.0. The number of piperidine rings is 1. The highest BCUT2D eigenvalue weighted by Gasteiger charge is 2.32. The van der Waals surface area contributed by atoms with Crippen molar-refractivity contribution in [3.63, 3.8) is 0 Å². The molecule has 0 radical (unpaired) electrons. The highest BCUT2D eigenvalue weighted by Crippen LogP contribution is 2.35. The molecule has 112 valence electrons. The van der Waals surface area contributed by atoms with E-state index in [2.05, 4.69) is 64.4 Å². The Morgan fingerprint density at radius 3 is 2.60 bits per heavy atom. The summed E-state index contributed by atoms with van der Waals surface area (Å²) >= 11 is 3.66. The molecule has 1 heterocycles. The number of nitrogens with zero attached hydrogens (tertiary/aromatic N) is 1. The summed E-state index contributed by atoms with van der Waals surface area (Å²) in [6.07, 6.45) is 5.29. The van der Waals surface area contributed by atoms with Crippen molar-refractivity contribution in [1.82, 2.24) is 10.2 Å². The molecule has 2 nitrogen and oxygen atoms in total. The van der Waals surface area contributed by atoms with E-state index >= 15 is 0 Å². The summed E-state index contributed by atoms with van der Waals surface area (Å²) in [5.74, 6) is 0. The zero-order valence-corrected chi connectivity index (χ0v) is 14.4. The van der Waals surface area contributed by atoms with Gasteiger partial charge in [0.05, 0.1) is 0 Å². The molecule has 1 fully saturated rings. The van der Waals surface area contributed by atoms with Gasteiger partial charge in [0.25, 0.3) is 0 Å². The SMILES string of the molecule is CCCC1(CN(C)Cc2ccccc2Br)CCNCC1. The lowest BCUT2D eigenvalue weighted by Crippen LogP contribution is -2.43. The molecule has 1 aliphatic heterocycles. The highest BCUT2D eigenvalue weighted by molar-refractivity contribution is 9.10. The van der Waals surface area contributed by atoms with Gasteiger partial charge in [0, 0.05) is 17.6 Å². The Bertz CT molecular complexity index is 408. The molecule has 0 saturated carbocycles. The van der Waals surface area contributed by atoms with Crippen molar-refractivity contribution < 1.29 is 0 Å². The van der Waals surface area contributed by atoms with E-state index < -0.39 is 0 Å². The molecular formula is C17H27BrN2. The van der Waals surface area contributed by atoms with Gasteiger partial charge in [-0.25, -0.2) is 0 Å². The van der Waals surface area contributed by atoms with Gasteiger partial charge in [-0.1, -0.05) is 47.5 Å². The molecule has 1 saturated heterocycles. The molecule has 0 spiro atoms.